The van der Waals surface area contributed by atoms with Crippen molar-refractivity contribution in [2.24, 2.45) is 0 Å². The van der Waals surface area contributed by atoms with E-state index in [0.717, 1.165) is 32.5 Å². The minimum atomic E-state index is -3.65. The van der Waals surface area contributed by atoms with E-state index in [9.17, 15) is 13.2 Å². The van der Waals surface area contributed by atoms with Gasteiger partial charge in [-0.3, -0.25) is 9.10 Å². The Bertz CT molecular complexity index is 1980. The minimum absolute atomic E-state index is 0.143. The van der Waals surface area contributed by atoms with Crippen LogP contribution in [0.5, 0.6) is 0 Å². The zero-order valence-corrected chi connectivity index (χ0v) is 28.8. The summed E-state index contributed by atoms with van der Waals surface area (Å²) in [5.41, 5.74) is 7.57. The Kier molecular flexibility index (Phi) is 9.88. The molecule has 4 aromatic carbocycles. The Balaban J connectivity index is 1.29. The number of nitrogens with zero attached hydrogens (tertiary/aromatic N) is 3. The molecule has 1 fully saturated rings. The number of Topliss-reactive ketones (excluding diaryl/α,β-unsaturated/α-hetero) is 1. The van der Waals surface area contributed by atoms with Crippen LogP contribution in [0.25, 0.3) is 28.1 Å². The van der Waals surface area contributed by atoms with Crippen LogP contribution in [0.4, 0.5) is 5.69 Å². The van der Waals surface area contributed by atoms with Crippen LogP contribution >= 0.6 is 23.2 Å². The summed E-state index contributed by atoms with van der Waals surface area (Å²) in [6.45, 7) is 4.36. The van der Waals surface area contributed by atoms with Crippen molar-refractivity contribution in [2.45, 2.75) is 51.9 Å². The highest BCUT2D eigenvalue weighted by molar-refractivity contribution is 7.94. The fraction of sp³-hybridized carbons (Fsp3) is 0.263. The molecule has 9 heteroatoms. The first kappa shape index (κ1) is 33.0. The molecule has 2 heterocycles. The number of sulfonamides is 1. The van der Waals surface area contributed by atoms with Crippen LogP contribution in [0, 0.1) is 0 Å². The summed E-state index contributed by atoms with van der Waals surface area (Å²) in [6.07, 6.45) is 7.30. The van der Waals surface area contributed by atoms with Crippen LogP contribution < -0.4 is 4.31 Å². The van der Waals surface area contributed by atoms with Crippen molar-refractivity contribution in [3.05, 3.63) is 124 Å². The standard InChI is InChI=1S/C38H37Cl2N3O3S/c1-3-5-27(6-4-2)29-11-13-30(14-12-29)28-9-7-26(8-10-28)21-38-41-37(35-20-15-31(39)22-36(35)40)24-42(38)32-16-18-33(19-17-32)43-23-34(44)25-47(43,45)46/h7-20,22,24,27H,3-6,21,23,25H2,1-2H3. The first-order valence-electron chi connectivity index (χ1n) is 16.0. The van der Waals surface area contributed by atoms with Crippen molar-refractivity contribution in [1.82, 2.24) is 9.55 Å². The molecule has 0 amide bonds. The largest absolute Gasteiger partial charge is 0.303 e. The van der Waals surface area contributed by atoms with Gasteiger partial charge in [-0.05, 0) is 83.5 Å². The van der Waals surface area contributed by atoms with E-state index in [4.69, 9.17) is 28.2 Å². The number of imidazole rings is 1. The third-order valence-electron chi connectivity index (χ3n) is 8.71. The fourth-order valence-electron chi connectivity index (χ4n) is 6.33. The average molecular weight is 687 g/mol. The molecule has 5 aromatic rings. The van der Waals surface area contributed by atoms with E-state index in [-0.39, 0.29) is 12.3 Å². The summed E-state index contributed by atoms with van der Waals surface area (Å²) in [4.78, 5) is 16.9. The lowest BCUT2D eigenvalue weighted by atomic mass is 9.89. The number of anilines is 1. The smallest absolute Gasteiger partial charge is 0.242 e. The maximum atomic E-state index is 12.5. The molecule has 1 aliphatic heterocycles. The molecule has 47 heavy (non-hydrogen) atoms. The number of hydrogen-bond acceptors (Lipinski definition) is 4. The molecule has 0 aliphatic carbocycles. The predicted octanol–water partition coefficient (Wildman–Crippen LogP) is 9.51. The average Bonchev–Trinajstić information content (AvgIpc) is 3.59. The van der Waals surface area contributed by atoms with Gasteiger partial charge in [-0.25, -0.2) is 13.4 Å². The third-order valence-corrected chi connectivity index (χ3v) is 11.0. The minimum Gasteiger partial charge on any atom is -0.303 e. The molecular weight excluding hydrogens is 649 g/mol. The molecule has 0 saturated carbocycles. The first-order chi connectivity index (χ1) is 22.6. The van der Waals surface area contributed by atoms with Gasteiger partial charge < -0.3 is 4.57 Å². The Labute approximate surface area is 287 Å². The summed E-state index contributed by atoms with van der Waals surface area (Å²) in [6, 6.07) is 30.0. The maximum absolute atomic E-state index is 12.5. The molecule has 0 atom stereocenters. The van der Waals surface area contributed by atoms with Crippen molar-refractivity contribution >= 4 is 44.7 Å². The lowest BCUT2D eigenvalue weighted by Crippen LogP contribution is -2.25. The lowest BCUT2D eigenvalue weighted by Gasteiger charge is -2.17. The van der Waals surface area contributed by atoms with E-state index in [1.165, 1.54) is 36.8 Å². The molecule has 1 saturated heterocycles. The summed E-state index contributed by atoms with van der Waals surface area (Å²) in [5.74, 6) is 0.629. The molecule has 1 aliphatic rings. The van der Waals surface area contributed by atoms with Gasteiger partial charge in [-0.15, -0.1) is 0 Å². The monoisotopic (exact) mass is 685 g/mol. The lowest BCUT2D eigenvalue weighted by molar-refractivity contribution is -0.114. The van der Waals surface area contributed by atoms with Crippen molar-refractivity contribution in [2.75, 3.05) is 16.6 Å². The number of carbonyl (C=O) groups excluding carboxylic acids is 1. The SMILES string of the molecule is CCCC(CCC)c1ccc(-c2ccc(Cc3nc(-c4ccc(Cl)cc4Cl)cn3-c3ccc(N4CC(=O)CS4(=O)=O)cc3)cc2)cc1. The summed E-state index contributed by atoms with van der Waals surface area (Å²) in [7, 11) is -3.65. The molecule has 6 nitrogen and oxygen atoms in total. The Hall–Kier alpha value is -3.91. The zero-order valence-electron chi connectivity index (χ0n) is 26.5. The summed E-state index contributed by atoms with van der Waals surface area (Å²) < 4.78 is 28.1. The molecule has 1 aromatic heterocycles. The van der Waals surface area contributed by atoms with E-state index in [2.05, 4.69) is 62.4 Å². The quantitative estimate of drug-likeness (QED) is 0.139. The normalized spacial score (nSPS) is 14.3. The second-order valence-corrected chi connectivity index (χ2v) is 14.9. The van der Waals surface area contributed by atoms with Gasteiger partial charge >= 0.3 is 0 Å². The third kappa shape index (κ3) is 7.33. The van der Waals surface area contributed by atoms with Gasteiger partial charge in [0.1, 0.15) is 11.6 Å². The van der Waals surface area contributed by atoms with E-state index in [1.54, 1.807) is 24.3 Å². The highest BCUT2D eigenvalue weighted by atomic mass is 35.5. The number of ketones is 1. The molecule has 0 bridgehead atoms. The maximum Gasteiger partial charge on any atom is 0.242 e. The number of benzene rings is 4. The van der Waals surface area contributed by atoms with Crippen molar-refractivity contribution in [1.29, 1.82) is 0 Å². The number of hydrogen-bond donors (Lipinski definition) is 0. The van der Waals surface area contributed by atoms with Gasteiger partial charge in [-0.2, -0.15) is 0 Å². The molecule has 0 spiro atoms. The van der Waals surface area contributed by atoms with Crippen LogP contribution in [0.3, 0.4) is 0 Å². The van der Waals surface area contributed by atoms with Gasteiger partial charge in [0, 0.05) is 28.9 Å². The van der Waals surface area contributed by atoms with Crippen molar-refractivity contribution in [3.63, 3.8) is 0 Å². The molecule has 0 radical (unpaired) electrons. The summed E-state index contributed by atoms with van der Waals surface area (Å²) >= 11 is 12.7. The molecule has 242 valence electrons. The molecule has 6 rings (SSSR count). The number of rotatable bonds is 11. The van der Waals surface area contributed by atoms with Gasteiger partial charge in [0.25, 0.3) is 0 Å². The van der Waals surface area contributed by atoms with Crippen molar-refractivity contribution in [3.8, 4) is 28.1 Å². The van der Waals surface area contributed by atoms with Crippen LogP contribution in [0.2, 0.25) is 10.0 Å². The number of aromatic nitrogens is 2. The van der Waals surface area contributed by atoms with Gasteiger partial charge in [0.05, 0.1) is 22.9 Å². The second kappa shape index (κ2) is 14.1. The molecule has 0 unspecified atom stereocenters. The van der Waals surface area contributed by atoms with E-state index in [1.807, 2.05) is 29.0 Å². The van der Waals surface area contributed by atoms with Gasteiger partial charge in [-0.1, -0.05) is 98.4 Å². The Morgan fingerprint density at radius 2 is 1.43 bits per heavy atom. The van der Waals surface area contributed by atoms with Crippen LogP contribution in [-0.2, 0) is 21.2 Å². The van der Waals surface area contributed by atoms with Crippen molar-refractivity contribution < 1.29 is 13.2 Å². The van der Waals surface area contributed by atoms with Gasteiger partial charge in [0.15, 0.2) is 5.78 Å². The first-order valence-corrected chi connectivity index (χ1v) is 18.4. The van der Waals surface area contributed by atoms with Gasteiger partial charge in [0.2, 0.25) is 10.0 Å². The van der Waals surface area contributed by atoms with E-state index < -0.39 is 15.8 Å². The van der Waals surface area contributed by atoms with Crippen LogP contribution in [0.15, 0.2) is 97.2 Å². The fourth-order valence-corrected chi connectivity index (χ4v) is 8.27. The number of halogens is 2. The second-order valence-electron chi connectivity index (χ2n) is 12.1. The predicted molar refractivity (Wildman–Crippen MR) is 192 cm³/mol. The highest BCUT2D eigenvalue weighted by Gasteiger charge is 2.34. The molecule has 0 N–H and O–H groups in total. The topological polar surface area (TPSA) is 72.3 Å². The summed E-state index contributed by atoms with van der Waals surface area (Å²) in [5, 5.41) is 1.04. The Morgan fingerprint density at radius 1 is 0.809 bits per heavy atom. The van der Waals surface area contributed by atoms with Crippen LogP contribution in [0.1, 0.15) is 62.4 Å². The van der Waals surface area contributed by atoms with E-state index in [0.29, 0.717) is 33.8 Å². The number of carbonyl (C=O) groups is 1. The van der Waals surface area contributed by atoms with Crippen LogP contribution in [-0.4, -0.2) is 36.0 Å². The molecular formula is C38H37Cl2N3O3S. The van der Waals surface area contributed by atoms with E-state index >= 15 is 0 Å². The Morgan fingerprint density at radius 3 is 2.00 bits per heavy atom. The highest BCUT2D eigenvalue weighted by Crippen LogP contribution is 2.33. The zero-order chi connectivity index (χ0) is 33.1.